The van der Waals surface area contributed by atoms with Crippen molar-refractivity contribution in [3.8, 4) is 0 Å². The highest BCUT2D eigenvalue weighted by molar-refractivity contribution is 7.12. The second kappa shape index (κ2) is 4.71. The number of amides is 1. The fourth-order valence-corrected chi connectivity index (χ4v) is 2.50. The first-order valence-corrected chi connectivity index (χ1v) is 6.12. The molecular weight excluding hydrogens is 250 g/mol. The third-order valence-electron chi connectivity index (χ3n) is 2.60. The summed E-state index contributed by atoms with van der Waals surface area (Å²) in [5, 5.41) is 14.2. The molecule has 1 fully saturated rings. The van der Waals surface area contributed by atoms with Crippen LogP contribution < -0.4 is 5.32 Å². The van der Waals surface area contributed by atoms with Gasteiger partial charge >= 0.3 is 0 Å². The molecule has 1 aromatic heterocycles. The molecule has 2 rings (SSSR count). The van der Waals surface area contributed by atoms with Crippen molar-refractivity contribution in [3.63, 3.8) is 0 Å². The van der Waals surface area contributed by atoms with Crippen molar-refractivity contribution in [2.45, 2.75) is 0 Å². The smallest absolute Gasteiger partial charge is 0.262 e. The lowest BCUT2D eigenvalue weighted by Crippen LogP contribution is -2.53. The van der Waals surface area contributed by atoms with Crippen LogP contribution in [0.25, 0.3) is 0 Å². The molecule has 88 valence electrons. The van der Waals surface area contributed by atoms with E-state index in [-0.39, 0.29) is 17.9 Å². The summed E-state index contributed by atoms with van der Waals surface area (Å²) in [4.78, 5) is 12.2. The van der Waals surface area contributed by atoms with Crippen molar-refractivity contribution in [1.82, 2.24) is 5.32 Å². The lowest BCUT2D eigenvalue weighted by Gasteiger charge is -2.39. The summed E-state index contributed by atoms with van der Waals surface area (Å²) >= 11 is 7.15. The number of aliphatic hydroxyl groups is 1. The van der Waals surface area contributed by atoms with Crippen molar-refractivity contribution in [2.75, 3.05) is 26.4 Å². The van der Waals surface area contributed by atoms with Gasteiger partial charge in [-0.15, -0.1) is 11.3 Å². The molecule has 1 saturated heterocycles. The van der Waals surface area contributed by atoms with E-state index in [1.165, 1.54) is 11.3 Å². The van der Waals surface area contributed by atoms with Crippen molar-refractivity contribution >= 4 is 28.8 Å². The van der Waals surface area contributed by atoms with E-state index in [9.17, 15) is 9.90 Å². The topological polar surface area (TPSA) is 58.6 Å². The van der Waals surface area contributed by atoms with Crippen LogP contribution in [0.2, 0.25) is 5.02 Å². The molecule has 0 bridgehead atoms. The zero-order valence-electron chi connectivity index (χ0n) is 8.53. The maximum absolute atomic E-state index is 11.7. The zero-order chi connectivity index (χ0) is 11.6. The van der Waals surface area contributed by atoms with Crippen molar-refractivity contribution < 1.29 is 14.6 Å². The zero-order valence-corrected chi connectivity index (χ0v) is 10.1. The first-order chi connectivity index (χ1) is 7.67. The molecule has 1 aliphatic heterocycles. The maximum atomic E-state index is 11.7. The second-order valence-electron chi connectivity index (χ2n) is 3.93. The number of rotatable bonds is 4. The number of ether oxygens (including phenoxy) is 1. The Morgan fingerprint density at radius 1 is 1.69 bits per heavy atom. The van der Waals surface area contributed by atoms with Gasteiger partial charge in [0.2, 0.25) is 0 Å². The molecule has 0 atom stereocenters. The first kappa shape index (κ1) is 11.9. The standard InChI is InChI=1S/C10H12ClNO3S/c11-7-1-2-16-8(7)9(14)12-3-10(4-13)5-15-6-10/h1-2,13H,3-6H2,(H,12,14). The normalized spacial score (nSPS) is 17.9. The lowest BCUT2D eigenvalue weighted by atomic mass is 9.87. The SMILES string of the molecule is O=C(NCC1(CO)COC1)c1sccc1Cl. The van der Waals surface area contributed by atoms with E-state index in [2.05, 4.69) is 5.32 Å². The Hall–Kier alpha value is -0.620. The minimum Gasteiger partial charge on any atom is -0.396 e. The molecule has 2 N–H and O–H groups in total. The summed E-state index contributed by atoms with van der Waals surface area (Å²) in [5.41, 5.74) is -0.306. The Bertz CT molecular complexity index is 384. The molecule has 0 aromatic carbocycles. The highest BCUT2D eigenvalue weighted by Crippen LogP contribution is 2.26. The van der Waals surface area contributed by atoms with Gasteiger partial charge in [0.15, 0.2) is 0 Å². The summed E-state index contributed by atoms with van der Waals surface area (Å²) in [5.74, 6) is -0.195. The van der Waals surface area contributed by atoms with E-state index in [0.717, 1.165) is 0 Å². The van der Waals surface area contributed by atoms with Crippen LogP contribution in [0.5, 0.6) is 0 Å². The van der Waals surface area contributed by atoms with Gasteiger partial charge in [0.1, 0.15) is 4.88 Å². The summed E-state index contributed by atoms with van der Waals surface area (Å²) in [6, 6.07) is 1.69. The van der Waals surface area contributed by atoms with E-state index >= 15 is 0 Å². The van der Waals surface area contributed by atoms with Crippen LogP contribution in [0, 0.1) is 5.41 Å². The minimum atomic E-state index is -0.306. The van der Waals surface area contributed by atoms with Crippen LogP contribution in [0.3, 0.4) is 0 Å². The molecular formula is C10H12ClNO3S. The third-order valence-corrected chi connectivity index (χ3v) is 3.94. The van der Waals surface area contributed by atoms with Gasteiger partial charge in [0.05, 0.1) is 30.3 Å². The maximum Gasteiger partial charge on any atom is 0.262 e. The Labute approximate surface area is 102 Å². The van der Waals surface area contributed by atoms with Gasteiger partial charge in [-0.2, -0.15) is 0 Å². The van der Waals surface area contributed by atoms with Gasteiger partial charge in [-0.1, -0.05) is 11.6 Å². The molecule has 2 heterocycles. The molecule has 6 heteroatoms. The molecule has 1 amide bonds. The molecule has 0 aliphatic carbocycles. The van der Waals surface area contributed by atoms with Crippen LogP contribution in [0.15, 0.2) is 11.4 Å². The van der Waals surface area contributed by atoms with Crippen LogP contribution >= 0.6 is 22.9 Å². The Morgan fingerprint density at radius 2 is 2.44 bits per heavy atom. The number of carbonyl (C=O) groups is 1. The van der Waals surface area contributed by atoms with Crippen molar-refractivity contribution in [2.24, 2.45) is 5.41 Å². The molecule has 1 aliphatic rings. The number of thiophene rings is 1. The second-order valence-corrected chi connectivity index (χ2v) is 5.25. The van der Waals surface area contributed by atoms with E-state index < -0.39 is 0 Å². The number of hydrogen-bond donors (Lipinski definition) is 2. The summed E-state index contributed by atoms with van der Waals surface area (Å²) in [7, 11) is 0. The fourth-order valence-electron chi connectivity index (χ4n) is 1.44. The summed E-state index contributed by atoms with van der Waals surface area (Å²) < 4.78 is 5.04. The number of aliphatic hydroxyl groups excluding tert-OH is 1. The largest absolute Gasteiger partial charge is 0.396 e. The van der Waals surface area contributed by atoms with Crippen LogP contribution in [-0.4, -0.2) is 37.4 Å². The van der Waals surface area contributed by atoms with Crippen LogP contribution in [-0.2, 0) is 4.74 Å². The van der Waals surface area contributed by atoms with Gasteiger partial charge in [0, 0.05) is 6.54 Å². The molecule has 16 heavy (non-hydrogen) atoms. The molecule has 0 saturated carbocycles. The van der Waals surface area contributed by atoms with Crippen molar-refractivity contribution in [1.29, 1.82) is 0 Å². The average Bonchev–Trinajstić information content (AvgIpc) is 2.63. The number of nitrogens with one attached hydrogen (secondary N) is 1. The molecule has 4 nitrogen and oxygen atoms in total. The van der Waals surface area contributed by atoms with Gasteiger partial charge < -0.3 is 15.2 Å². The average molecular weight is 262 g/mol. The van der Waals surface area contributed by atoms with Crippen molar-refractivity contribution in [3.05, 3.63) is 21.3 Å². The Balaban J connectivity index is 1.91. The Morgan fingerprint density at radius 3 is 2.88 bits per heavy atom. The van der Waals surface area contributed by atoms with Gasteiger partial charge in [-0.3, -0.25) is 4.79 Å². The van der Waals surface area contributed by atoms with E-state index in [1.54, 1.807) is 11.4 Å². The predicted molar refractivity (Wildman–Crippen MR) is 62.0 cm³/mol. The van der Waals surface area contributed by atoms with Gasteiger partial charge in [0.25, 0.3) is 5.91 Å². The third kappa shape index (κ3) is 2.22. The molecule has 0 unspecified atom stereocenters. The lowest BCUT2D eigenvalue weighted by molar-refractivity contribution is -0.133. The highest BCUT2D eigenvalue weighted by Gasteiger charge is 2.38. The number of halogens is 1. The first-order valence-electron chi connectivity index (χ1n) is 4.87. The molecule has 1 aromatic rings. The Kier molecular flexibility index (Phi) is 3.49. The minimum absolute atomic E-state index is 0.0193. The summed E-state index contributed by atoms with van der Waals surface area (Å²) in [6.45, 7) is 1.41. The van der Waals surface area contributed by atoms with E-state index in [1.807, 2.05) is 0 Å². The van der Waals surface area contributed by atoms with Crippen LogP contribution in [0.4, 0.5) is 0 Å². The van der Waals surface area contributed by atoms with E-state index in [0.29, 0.717) is 29.7 Å². The monoisotopic (exact) mass is 261 g/mol. The molecule has 0 radical (unpaired) electrons. The van der Waals surface area contributed by atoms with Crippen LogP contribution in [0.1, 0.15) is 9.67 Å². The number of carbonyl (C=O) groups excluding carboxylic acids is 1. The number of hydrogen-bond acceptors (Lipinski definition) is 4. The van der Waals surface area contributed by atoms with E-state index in [4.69, 9.17) is 16.3 Å². The quantitative estimate of drug-likeness (QED) is 0.855. The predicted octanol–water partition coefficient (Wildman–Crippen LogP) is 1.14. The molecule has 0 spiro atoms. The summed E-state index contributed by atoms with van der Waals surface area (Å²) in [6.07, 6.45) is 0. The fraction of sp³-hybridized carbons (Fsp3) is 0.500. The van der Waals surface area contributed by atoms with Gasteiger partial charge in [-0.25, -0.2) is 0 Å². The van der Waals surface area contributed by atoms with Gasteiger partial charge in [-0.05, 0) is 11.4 Å². The highest BCUT2D eigenvalue weighted by atomic mass is 35.5.